The highest BCUT2D eigenvalue weighted by atomic mass is 79.9. The second-order valence-electron chi connectivity index (χ2n) is 5.03. The minimum atomic E-state index is 0.0186. The predicted molar refractivity (Wildman–Crippen MR) is 80.8 cm³/mol. The summed E-state index contributed by atoms with van der Waals surface area (Å²) >= 11 is 3.45. The van der Waals surface area contributed by atoms with Crippen molar-refractivity contribution in [3.63, 3.8) is 0 Å². The van der Waals surface area contributed by atoms with Crippen LogP contribution in [-0.4, -0.2) is 42.2 Å². The van der Waals surface area contributed by atoms with Gasteiger partial charge in [0.1, 0.15) is 5.75 Å². The Morgan fingerprint density at radius 2 is 2.35 bits per heavy atom. The van der Waals surface area contributed by atoms with Crippen LogP contribution in [0.5, 0.6) is 5.75 Å². The third kappa shape index (κ3) is 3.52. The standard InChI is InChI=1S/C15H20BrNO3/c1-20-14-6-4-11(9-13(14)16)5-7-15(19)17-8-2-3-12(17)10-18/h4,6,9,12,18H,2-3,5,7-8,10H2,1H3. The van der Waals surface area contributed by atoms with E-state index in [9.17, 15) is 9.90 Å². The molecule has 0 radical (unpaired) electrons. The summed E-state index contributed by atoms with van der Waals surface area (Å²) in [6.07, 6.45) is 3.09. The number of carbonyl (C=O) groups excluding carboxylic acids is 1. The summed E-state index contributed by atoms with van der Waals surface area (Å²) in [5.41, 5.74) is 1.10. The first-order valence-corrected chi connectivity index (χ1v) is 7.67. The van der Waals surface area contributed by atoms with Gasteiger partial charge >= 0.3 is 0 Å². The van der Waals surface area contributed by atoms with E-state index in [1.165, 1.54) is 0 Å². The van der Waals surface area contributed by atoms with Gasteiger partial charge in [-0.15, -0.1) is 0 Å². The monoisotopic (exact) mass is 341 g/mol. The maximum atomic E-state index is 12.2. The number of aliphatic hydroxyl groups excluding tert-OH is 1. The van der Waals surface area contributed by atoms with E-state index >= 15 is 0 Å². The van der Waals surface area contributed by atoms with E-state index < -0.39 is 0 Å². The summed E-state index contributed by atoms with van der Waals surface area (Å²) < 4.78 is 6.09. The number of hydrogen-bond acceptors (Lipinski definition) is 3. The lowest BCUT2D eigenvalue weighted by molar-refractivity contribution is -0.132. The quantitative estimate of drug-likeness (QED) is 0.894. The summed E-state index contributed by atoms with van der Waals surface area (Å²) in [6, 6.07) is 5.88. The van der Waals surface area contributed by atoms with Crippen LogP contribution in [0.3, 0.4) is 0 Å². The average Bonchev–Trinajstić information content (AvgIpc) is 2.93. The molecule has 0 bridgehead atoms. The number of benzene rings is 1. The van der Waals surface area contributed by atoms with Gasteiger partial charge < -0.3 is 14.7 Å². The Kier molecular flexibility index (Phi) is 5.43. The second kappa shape index (κ2) is 7.09. The van der Waals surface area contributed by atoms with E-state index in [1.807, 2.05) is 23.1 Å². The highest BCUT2D eigenvalue weighted by Crippen LogP contribution is 2.26. The summed E-state index contributed by atoms with van der Waals surface area (Å²) in [5.74, 6) is 0.924. The summed E-state index contributed by atoms with van der Waals surface area (Å²) in [6.45, 7) is 0.843. The Bertz CT molecular complexity index is 478. The Balaban J connectivity index is 1.91. The number of hydrogen-bond donors (Lipinski definition) is 1. The molecule has 110 valence electrons. The molecule has 0 aliphatic carbocycles. The number of likely N-dealkylation sites (tertiary alicyclic amines) is 1. The number of rotatable bonds is 5. The van der Waals surface area contributed by atoms with E-state index in [4.69, 9.17) is 4.74 Å². The number of amides is 1. The largest absolute Gasteiger partial charge is 0.496 e. The van der Waals surface area contributed by atoms with Gasteiger partial charge in [0, 0.05) is 13.0 Å². The van der Waals surface area contributed by atoms with Gasteiger partial charge in [0.15, 0.2) is 0 Å². The fraction of sp³-hybridized carbons (Fsp3) is 0.533. The first-order chi connectivity index (χ1) is 9.65. The Hall–Kier alpha value is -1.07. The Morgan fingerprint density at radius 3 is 3.00 bits per heavy atom. The molecule has 1 amide bonds. The molecule has 4 nitrogen and oxygen atoms in total. The van der Waals surface area contributed by atoms with Gasteiger partial charge in [-0.25, -0.2) is 0 Å². The van der Waals surface area contributed by atoms with E-state index in [-0.39, 0.29) is 18.6 Å². The normalized spacial score (nSPS) is 18.4. The van der Waals surface area contributed by atoms with Crippen LogP contribution in [0, 0.1) is 0 Å². The molecule has 1 atom stereocenters. The van der Waals surface area contributed by atoms with Crippen LogP contribution in [0.1, 0.15) is 24.8 Å². The first kappa shape index (κ1) is 15.3. The van der Waals surface area contributed by atoms with Crippen molar-refractivity contribution in [3.8, 4) is 5.75 Å². The molecule has 0 saturated carbocycles. The van der Waals surface area contributed by atoms with E-state index in [2.05, 4.69) is 15.9 Å². The fourth-order valence-corrected chi connectivity index (χ4v) is 3.20. The van der Waals surface area contributed by atoms with Crippen molar-refractivity contribution < 1.29 is 14.6 Å². The molecular weight excluding hydrogens is 322 g/mol. The van der Waals surface area contributed by atoms with Gasteiger partial charge in [0.05, 0.1) is 24.2 Å². The highest BCUT2D eigenvalue weighted by Gasteiger charge is 2.27. The average molecular weight is 342 g/mol. The lowest BCUT2D eigenvalue weighted by atomic mass is 10.1. The molecule has 1 unspecified atom stereocenters. The lowest BCUT2D eigenvalue weighted by Crippen LogP contribution is -2.37. The van der Waals surface area contributed by atoms with Gasteiger partial charge in [0.2, 0.25) is 5.91 Å². The summed E-state index contributed by atoms with van der Waals surface area (Å²) in [4.78, 5) is 14.0. The van der Waals surface area contributed by atoms with Crippen molar-refractivity contribution in [3.05, 3.63) is 28.2 Å². The zero-order valence-electron chi connectivity index (χ0n) is 11.6. The summed E-state index contributed by atoms with van der Waals surface area (Å²) in [5, 5.41) is 9.25. The Labute approximate surface area is 127 Å². The number of halogens is 1. The number of carbonyl (C=O) groups is 1. The molecule has 2 rings (SSSR count). The van der Waals surface area contributed by atoms with E-state index in [1.54, 1.807) is 7.11 Å². The lowest BCUT2D eigenvalue weighted by Gasteiger charge is -2.23. The van der Waals surface area contributed by atoms with Crippen LogP contribution < -0.4 is 4.74 Å². The Morgan fingerprint density at radius 1 is 1.55 bits per heavy atom. The predicted octanol–water partition coefficient (Wildman–Crippen LogP) is 2.37. The minimum absolute atomic E-state index is 0.0186. The zero-order valence-corrected chi connectivity index (χ0v) is 13.2. The minimum Gasteiger partial charge on any atom is -0.496 e. The van der Waals surface area contributed by atoms with Crippen LogP contribution >= 0.6 is 15.9 Å². The van der Waals surface area contributed by atoms with Gasteiger partial charge in [-0.3, -0.25) is 4.79 Å². The van der Waals surface area contributed by atoms with Crippen molar-refractivity contribution in [1.82, 2.24) is 4.90 Å². The molecule has 1 aliphatic rings. The second-order valence-corrected chi connectivity index (χ2v) is 5.89. The van der Waals surface area contributed by atoms with E-state index in [0.29, 0.717) is 12.8 Å². The molecule has 0 spiro atoms. The molecule has 1 aliphatic heterocycles. The van der Waals surface area contributed by atoms with Crippen LogP contribution in [0.4, 0.5) is 0 Å². The van der Waals surface area contributed by atoms with Crippen molar-refractivity contribution in [1.29, 1.82) is 0 Å². The van der Waals surface area contributed by atoms with Gasteiger partial charge in [-0.2, -0.15) is 0 Å². The van der Waals surface area contributed by atoms with E-state index in [0.717, 1.165) is 35.2 Å². The first-order valence-electron chi connectivity index (χ1n) is 6.88. The molecule has 20 heavy (non-hydrogen) atoms. The molecular formula is C15H20BrNO3. The number of aryl methyl sites for hydroxylation is 1. The number of aliphatic hydroxyl groups is 1. The number of nitrogens with zero attached hydrogens (tertiary/aromatic N) is 1. The van der Waals surface area contributed by atoms with Crippen molar-refractivity contribution in [2.24, 2.45) is 0 Å². The van der Waals surface area contributed by atoms with Crippen LogP contribution in [0.25, 0.3) is 0 Å². The van der Waals surface area contributed by atoms with Crippen molar-refractivity contribution in [2.75, 3.05) is 20.3 Å². The zero-order chi connectivity index (χ0) is 14.5. The number of methoxy groups -OCH3 is 1. The maximum Gasteiger partial charge on any atom is 0.223 e. The molecule has 1 aromatic carbocycles. The third-order valence-corrected chi connectivity index (χ3v) is 4.37. The van der Waals surface area contributed by atoms with Crippen LogP contribution in [0.15, 0.2) is 22.7 Å². The van der Waals surface area contributed by atoms with Crippen molar-refractivity contribution in [2.45, 2.75) is 31.7 Å². The molecule has 1 aromatic rings. The SMILES string of the molecule is COc1ccc(CCC(=O)N2CCCC2CO)cc1Br. The molecule has 1 N–H and O–H groups in total. The van der Waals surface area contributed by atoms with Gasteiger partial charge in [0.25, 0.3) is 0 Å². The maximum absolute atomic E-state index is 12.2. The fourth-order valence-electron chi connectivity index (χ4n) is 2.61. The topological polar surface area (TPSA) is 49.8 Å². The molecule has 1 saturated heterocycles. The van der Waals surface area contributed by atoms with Gasteiger partial charge in [-0.05, 0) is 52.9 Å². The molecule has 5 heteroatoms. The van der Waals surface area contributed by atoms with Crippen LogP contribution in [-0.2, 0) is 11.2 Å². The number of ether oxygens (including phenoxy) is 1. The van der Waals surface area contributed by atoms with Crippen molar-refractivity contribution >= 4 is 21.8 Å². The summed E-state index contributed by atoms with van der Waals surface area (Å²) in [7, 11) is 1.63. The van der Waals surface area contributed by atoms with Gasteiger partial charge in [-0.1, -0.05) is 6.07 Å². The van der Waals surface area contributed by atoms with Crippen LogP contribution in [0.2, 0.25) is 0 Å². The highest BCUT2D eigenvalue weighted by molar-refractivity contribution is 9.10. The third-order valence-electron chi connectivity index (χ3n) is 3.75. The molecule has 1 fully saturated rings. The molecule has 1 heterocycles. The smallest absolute Gasteiger partial charge is 0.223 e. The molecule has 0 aromatic heterocycles.